The summed E-state index contributed by atoms with van der Waals surface area (Å²) < 4.78 is 0. The normalized spacial score (nSPS) is 19.1. The Morgan fingerprint density at radius 2 is 2.29 bits per heavy atom. The molecule has 0 spiro atoms. The predicted molar refractivity (Wildman–Crippen MR) is 84.6 cm³/mol. The quantitative estimate of drug-likeness (QED) is 0.655. The summed E-state index contributed by atoms with van der Waals surface area (Å²) in [6, 6.07) is 11.0. The molecule has 1 unspecified atom stereocenters. The molecule has 0 radical (unpaired) electrons. The van der Waals surface area contributed by atoms with Crippen LogP contribution in [0.15, 0.2) is 30.3 Å². The molecular formula is C16H23N4O+. The SMILES string of the molecule is CCC1CNCCN1c1ccc2cc([NH2+]OC)ccc2n1. The first-order chi connectivity index (χ1) is 10.3. The van der Waals surface area contributed by atoms with E-state index in [0.29, 0.717) is 6.04 Å². The fourth-order valence-electron chi connectivity index (χ4n) is 2.93. The standard InChI is InChI=1S/C16H22N4O/c1-3-14-11-17-8-9-20(14)16-7-4-12-10-13(19-21-2)5-6-15(12)18-16/h4-7,10,14,17,19H,3,8-9,11H2,1-2H3/p+1. The van der Waals surface area contributed by atoms with Crippen LogP contribution < -0.4 is 15.7 Å². The molecule has 3 rings (SSSR count). The lowest BCUT2D eigenvalue weighted by Crippen LogP contribution is -2.75. The molecule has 2 aromatic rings. The van der Waals surface area contributed by atoms with Crippen LogP contribution in [0.3, 0.4) is 0 Å². The highest BCUT2D eigenvalue weighted by Gasteiger charge is 2.21. The van der Waals surface area contributed by atoms with Gasteiger partial charge >= 0.3 is 0 Å². The van der Waals surface area contributed by atoms with Crippen molar-refractivity contribution in [1.82, 2.24) is 10.3 Å². The zero-order valence-electron chi connectivity index (χ0n) is 12.7. The first-order valence-electron chi connectivity index (χ1n) is 7.56. The van der Waals surface area contributed by atoms with Crippen molar-refractivity contribution in [3.05, 3.63) is 30.3 Å². The zero-order chi connectivity index (χ0) is 14.7. The van der Waals surface area contributed by atoms with Crippen LogP contribution >= 0.6 is 0 Å². The highest BCUT2D eigenvalue weighted by Crippen LogP contribution is 2.22. The molecule has 0 saturated carbocycles. The van der Waals surface area contributed by atoms with Gasteiger partial charge in [0, 0.05) is 43.2 Å². The van der Waals surface area contributed by atoms with Crippen molar-refractivity contribution in [3.8, 4) is 0 Å². The van der Waals surface area contributed by atoms with Gasteiger partial charge in [0.05, 0.1) is 12.6 Å². The maximum atomic E-state index is 5.06. The number of benzene rings is 1. The van der Waals surface area contributed by atoms with Crippen LogP contribution in [0.5, 0.6) is 0 Å². The molecule has 1 aliphatic heterocycles. The second-order valence-electron chi connectivity index (χ2n) is 5.43. The Morgan fingerprint density at radius 3 is 3.10 bits per heavy atom. The summed E-state index contributed by atoms with van der Waals surface area (Å²) >= 11 is 0. The molecule has 0 amide bonds. The number of rotatable bonds is 4. The van der Waals surface area contributed by atoms with Crippen LogP contribution in [0.4, 0.5) is 11.5 Å². The summed E-state index contributed by atoms with van der Waals surface area (Å²) in [4.78, 5) is 12.3. The number of hydrogen-bond donors (Lipinski definition) is 2. The van der Waals surface area contributed by atoms with E-state index in [9.17, 15) is 0 Å². The Bertz CT molecular complexity index is 616. The fraction of sp³-hybridized carbons (Fsp3) is 0.438. The maximum Gasteiger partial charge on any atom is 0.162 e. The highest BCUT2D eigenvalue weighted by atomic mass is 16.6. The Kier molecular flexibility index (Phi) is 4.34. The monoisotopic (exact) mass is 287 g/mol. The van der Waals surface area contributed by atoms with Crippen LogP contribution in [0.25, 0.3) is 10.9 Å². The highest BCUT2D eigenvalue weighted by molar-refractivity contribution is 5.82. The second kappa shape index (κ2) is 6.39. The molecule has 1 aromatic carbocycles. The van der Waals surface area contributed by atoms with Gasteiger partial charge in [0.25, 0.3) is 0 Å². The van der Waals surface area contributed by atoms with E-state index in [2.05, 4.69) is 41.4 Å². The van der Waals surface area contributed by atoms with Crippen molar-refractivity contribution in [2.75, 3.05) is 31.6 Å². The number of nitrogens with one attached hydrogen (secondary N) is 1. The lowest BCUT2D eigenvalue weighted by atomic mass is 10.1. The Labute approximate surface area is 125 Å². The molecule has 112 valence electrons. The van der Waals surface area contributed by atoms with E-state index in [0.717, 1.165) is 48.5 Å². The molecule has 3 N–H and O–H groups in total. The molecule has 1 aliphatic rings. The number of nitrogens with two attached hydrogens (primary N) is 1. The summed E-state index contributed by atoms with van der Waals surface area (Å²) in [7, 11) is 1.67. The molecule has 1 aromatic heterocycles. The third-order valence-corrected chi connectivity index (χ3v) is 4.07. The number of anilines is 1. The van der Waals surface area contributed by atoms with Crippen molar-refractivity contribution in [3.63, 3.8) is 0 Å². The van der Waals surface area contributed by atoms with Gasteiger partial charge in [-0.25, -0.2) is 9.82 Å². The fourth-order valence-corrected chi connectivity index (χ4v) is 2.93. The third-order valence-electron chi connectivity index (χ3n) is 4.07. The van der Waals surface area contributed by atoms with E-state index in [1.807, 2.05) is 6.07 Å². The van der Waals surface area contributed by atoms with Crippen molar-refractivity contribution in [2.45, 2.75) is 19.4 Å². The van der Waals surface area contributed by atoms with Crippen molar-refractivity contribution in [1.29, 1.82) is 0 Å². The summed E-state index contributed by atoms with van der Waals surface area (Å²) in [5.41, 5.74) is 3.85. The second-order valence-corrected chi connectivity index (χ2v) is 5.43. The number of aromatic nitrogens is 1. The summed E-state index contributed by atoms with van der Waals surface area (Å²) in [5, 5.41) is 4.60. The van der Waals surface area contributed by atoms with Crippen LogP contribution in [-0.2, 0) is 4.84 Å². The van der Waals surface area contributed by atoms with Gasteiger partial charge in [0.15, 0.2) is 5.69 Å². The van der Waals surface area contributed by atoms with Crippen LogP contribution in [0.1, 0.15) is 13.3 Å². The van der Waals surface area contributed by atoms with Crippen LogP contribution in [0, 0.1) is 0 Å². The van der Waals surface area contributed by atoms with Gasteiger partial charge < -0.3 is 10.2 Å². The zero-order valence-corrected chi connectivity index (χ0v) is 12.7. The van der Waals surface area contributed by atoms with E-state index < -0.39 is 0 Å². The van der Waals surface area contributed by atoms with Gasteiger partial charge in [0.2, 0.25) is 0 Å². The van der Waals surface area contributed by atoms with Gasteiger partial charge in [0.1, 0.15) is 5.82 Å². The average molecular weight is 287 g/mol. The van der Waals surface area contributed by atoms with E-state index in [1.54, 1.807) is 12.6 Å². The lowest BCUT2D eigenvalue weighted by Gasteiger charge is -2.36. The van der Waals surface area contributed by atoms with Gasteiger partial charge in [-0.05, 0) is 24.6 Å². The van der Waals surface area contributed by atoms with Gasteiger partial charge in [-0.1, -0.05) is 6.92 Å². The minimum Gasteiger partial charge on any atom is -0.351 e. The van der Waals surface area contributed by atoms with Gasteiger partial charge in [-0.15, -0.1) is 0 Å². The molecule has 2 heterocycles. The molecular weight excluding hydrogens is 264 g/mol. The van der Waals surface area contributed by atoms with Gasteiger partial charge in [-0.2, -0.15) is 5.48 Å². The summed E-state index contributed by atoms with van der Waals surface area (Å²) in [6.45, 7) is 5.32. The first-order valence-corrected chi connectivity index (χ1v) is 7.56. The topological polar surface area (TPSA) is 54.0 Å². The molecule has 5 heteroatoms. The largest absolute Gasteiger partial charge is 0.351 e. The first kappa shape index (κ1) is 14.3. The minimum absolute atomic E-state index is 0.532. The number of pyridine rings is 1. The van der Waals surface area contributed by atoms with E-state index in [4.69, 9.17) is 9.82 Å². The Morgan fingerprint density at radius 1 is 1.38 bits per heavy atom. The maximum absolute atomic E-state index is 5.06. The number of fused-ring (bicyclic) bond motifs is 1. The molecule has 0 bridgehead atoms. The number of hydrogen-bond acceptors (Lipinski definition) is 4. The molecule has 0 aliphatic carbocycles. The van der Waals surface area contributed by atoms with Crippen molar-refractivity contribution < 1.29 is 10.3 Å². The molecule has 1 fully saturated rings. The lowest BCUT2D eigenvalue weighted by molar-refractivity contribution is -0.830. The Hall–Kier alpha value is -1.69. The summed E-state index contributed by atoms with van der Waals surface area (Å²) in [6.07, 6.45) is 1.13. The molecule has 1 saturated heterocycles. The van der Waals surface area contributed by atoms with E-state index >= 15 is 0 Å². The Balaban J connectivity index is 1.91. The van der Waals surface area contributed by atoms with Crippen LogP contribution in [-0.4, -0.2) is 37.8 Å². The van der Waals surface area contributed by atoms with E-state index in [-0.39, 0.29) is 0 Å². The molecule has 1 atom stereocenters. The van der Waals surface area contributed by atoms with Crippen LogP contribution in [0.2, 0.25) is 0 Å². The number of piperazine rings is 1. The molecule has 5 nitrogen and oxygen atoms in total. The van der Waals surface area contributed by atoms with E-state index in [1.165, 1.54) is 0 Å². The van der Waals surface area contributed by atoms with Crippen molar-refractivity contribution in [2.24, 2.45) is 0 Å². The molecule has 21 heavy (non-hydrogen) atoms. The predicted octanol–water partition coefficient (Wildman–Crippen LogP) is 1.18. The minimum atomic E-state index is 0.532. The third kappa shape index (κ3) is 3.00. The smallest absolute Gasteiger partial charge is 0.162 e. The summed E-state index contributed by atoms with van der Waals surface area (Å²) in [5.74, 6) is 1.08. The van der Waals surface area contributed by atoms with Crippen molar-refractivity contribution >= 4 is 22.4 Å². The average Bonchev–Trinajstić information content (AvgIpc) is 2.54. The number of nitrogens with zero attached hydrogens (tertiary/aromatic N) is 2. The number of quaternary nitrogens is 1. The van der Waals surface area contributed by atoms with Gasteiger partial charge in [-0.3, -0.25) is 0 Å².